The van der Waals surface area contributed by atoms with Crippen LogP contribution in [0.5, 0.6) is 0 Å². The largest absolute Gasteiger partial charge is 0.406 e. The zero-order valence-electron chi connectivity index (χ0n) is 12.0. The molecule has 118 valence electrons. The van der Waals surface area contributed by atoms with Crippen LogP contribution in [-0.4, -0.2) is 46.8 Å². The van der Waals surface area contributed by atoms with Crippen molar-refractivity contribution in [3.05, 3.63) is 18.2 Å². The van der Waals surface area contributed by atoms with Crippen LogP contribution >= 0.6 is 0 Å². The minimum absolute atomic E-state index is 0.368. The Labute approximate surface area is 122 Å². The number of imidazole rings is 1. The highest BCUT2D eigenvalue weighted by atomic mass is 19.4. The highest BCUT2D eigenvalue weighted by Gasteiger charge is 2.39. The first kappa shape index (κ1) is 14.8. The number of piperidine rings is 1. The fourth-order valence-electron chi connectivity index (χ4n) is 3.56. The fraction of sp³-hybridized carbons (Fsp3) is 0.786. The summed E-state index contributed by atoms with van der Waals surface area (Å²) in [7, 11) is 0. The molecule has 0 radical (unpaired) electrons. The number of alkyl halides is 3. The van der Waals surface area contributed by atoms with Crippen molar-refractivity contribution in [3.8, 4) is 0 Å². The van der Waals surface area contributed by atoms with E-state index < -0.39 is 12.7 Å². The molecule has 1 spiro atoms. The van der Waals surface area contributed by atoms with Gasteiger partial charge < -0.3 is 9.88 Å². The van der Waals surface area contributed by atoms with E-state index in [-0.39, 0.29) is 0 Å². The van der Waals surface area contributed by atoms with Crippen LogP contribution in [0.4, 0.5) is 13.2 Å². The molecular weight excluding hydrogens is 281 g/mol. The number of hydrogen-bond donors (Lipinski definition) is 1. The minimum Gasteiger partial charge on any atom is -0.325 e. The lowest BCUT2D eigenvalue weighted by Crippen LogP contribution is -2.38. The molecule has 0 bridgehead atoms. The molecule has 2 aliphatic heterocycles. The Morgan fingerprint density at radius 1 is 1.24 bits per heavy atom. The van der Waals surface area contributed by atoms with Crippen LogP contribution < -0.4 is 5.32 Å². The minimum atomic E-state index is -4.20. The smallest absolute Gasteiger partial charge is 0.325 e. The van der Waals surface area contributed by atoms with Gasteiger partial charge >= 0.3 is 6.18 Å². The molecule has 2 saturated heterocycles. The Hall–Kier alpha value is -1.08. The summed E-state index contributed by atoms with van der Waals surface area (Å²) in [5.74, 6) is 0.512. The highest BCUT2D eigenvalue weighted by molar-refractivity contribution is 4.98. The second-order valence-corrected chi connectivity index (χ2v) is 6.30. The number of halogens is 3. The van der Waals surface area contributed by atoms with Crippen LogP contribution in [0.15, 0.2) is 12.4 Å². The molecule has 0 atom stereocenters. The fourth-order valence-corrected chi connectivity index (χ4v) is 3.56. The monoisotopic (exact) mass is 302 g/mol. The quantitative estimate of drug-likeness (QED) is 0.927. The van der Waals surface area contributed by atoms with Crippen LogP contribution in [0.2, 0.25) is 0 Å². The summed E-state index contributed by atoms with van der Waals surface area (Å²) >= 11 is 0. The van der Waals surface area contributed by atoms with E-state index in [0.717, 1.165) is 32.6 Å². The molecule has 2 fully saturated rings. The summed E-state index contributed by atoms with van der Waals surface area (Å²) in [6.45, 7) is 3.60. The third-order valence-electron chi connectivity index (χ3n) is 4.70. The second-order valence-electron chi connectivity index (χ2n) is 6.30. The Kier molecular flexibility index (Phi) is 3.96. The van der Waals surface area contributed by atoms with Gasteiger partial charge in [0.15, 0.2) is 0 Å². The van der Waals surface area contributed by atoms with Gasteiger partial charge in [0.2, 0.25) is 0 Å². The lowest BCUT2D eigenvalue weighted by atomic mass is 9.78. The molecule has 0 aliphatic carbocycles. The first-order chi connectivity index (χ1) is 9.96. The molecule has 0 amide bonds. The van der Waals surface area contributed by atoms with Crippen LogP contribution in [0.1, 0.15) is 25.1 Å². The Morgan fingerprint density at radius 3 is 2.71 bits per heavy atom. The lowest BCUT2D eigenvalue weighted by Gasteiger charge is -2.33. The van der Waals surface area contributed by atoms with Crippen molar-refractivity contribution in [1.29, 1.82) is 0 Å². The zero-order valence-corrected chi connectivity index (χ0v) is 12.0. The van der Waals surface area contributed by atoms with E-state index in [1.807, 2.05) is 0 Å². The van der Waals surface area contributed by atoms with E-state index in [4.69, 9.17) is 0 Å². The van der Waals surface area contributed by atoms with Gasteiger partial charge in [0.1, 0.15) is 12.4 Å². The molecule has 1 N–H and O–H groups in total. The van der Waals surface area contributed by atoms with Gasteiger partial charge in [0.25, 0.3) is 0 Å². The van der Waals surface area contributed by atoms with Crippen molar-refractivity contribution in [2.45, 2.75) is 38.5 Å². The molecule has 1 aromatic heterocycles. The molecule has 21 heavy (non-hydrogen) atoms. The average Bonchev–Trinajstić information content (AvgIpc) is 2.98. The third-order valence-corrected chi connectivity index (χ3v) is 4.70. The molecule has 3 rings (SSSR count). The molecule has 2 aliphatic rings. The Morgan fingerprint density at radius 2 is 2.00 bits per heavy atom. The summed E-state index contributed by atoms with van der Waals surface area (Å²) < 4.78 is 38.8. The van der Waals surface area contributed by atoms with E-state index in [9.17, 15) is 13.2 Å². The summed E-state index contributed by atoms with van der Waals surface area (Å²) in [4.78, 5) is 6.36. The van der Waals surface area contributed by atoms with Gasteiger partial charge in [0, 0.05) is 18.9 Å². The summed E-state index contributed by atoms with van der Waals surface area (Å²) in [5.41, 5.74) is 0.368. The first-order valence-electron chi connectivity index (χ1n) is 7.46. The van der Waals surface area contributed by atoms with Crippen molar-refractivity contribution in [2.75, 3.05) is 26.2 Å². The maximum Gasteiger partial charge on any atom is 0.406 e. The topological polar surface area (TPSA) is 33.1 Å². The number of nitrogens with zero attached hydrogens (tertiary/aromatic N) is 3. The highest BCUT2D eigenvalue weighted by Crippen LogP contribution is 2.38. The molecule has 0 aromatic carbocycles. The summed E-state index contributed by atoms with van der Waals surface area (Å²) in [5, 5.41) is 3.37. The zero-order chi connectivity index (χ0) is 14.9. The van der Waals surface area contributed by atoms with Crippen molar-refractivity contribution >= 4 is 0 Å². The van der Waals surface area contributed by atoms with Gasteiger partial charge in [-0.1, -0.05) is 0 Å². The molecule has 1 aromatic rings. The van der Waals surface area contributed by atoms with Crippen LogP contribution in [0.25, 0.3) is 0 Å². The predicted octanol–water partition coefficient (Wildman–Crippen LogP) is 2.02. The van der Waals surface area contributed by atoms with Crippen LogP contribution in [0, 0.1) is 5.41 Å². The molecular formula is C14H21F3N4. The van der Waals surface area contributed by atoms with E-state index in [1.165, 1.54) is 29.8 Å². The molecule has 4 nitrogen and oxygen atoms in total. The number of likely N-dealkylation sites (tertiary alicyclic amines) is 1. The standard InChI is InChI=1S/C14H21F3N4/c15-14(16,17)11-21-8-6-19-12(21)9-20-7-3-13(10-20)1-4-18-5-2-13/h6,8,18H,1-5,7,9-11H2. The van der Waals surface area contributed by atoms with Crippen molar-refractivity contribution in [2.24, 2.45) is 5.41 Å². The van der Waals surface area contributed by atoms with Crippen molar-refractivity contribution < 1.29 is 13.2 Å². The maximum absolute atomic E-state index is 12.5. The predicted molar refractivity (Wildman–Crippen MR) is 72.7 cm³/mol. The maximum atomic E-state index is 12.5. The molecule has 7 heteroatoms. The third kappa shape index (κ3) is 3.58. The second kappa shape index (κ2) is 5.61. The van der Waals surface area contributed by atoms with E-state index in [0.29, 0.717) is 17.8 Å². The number of nitrogens with one attached hydrogen (secondary N) is 1. The average molecular weight is 302 g/mol. The van der Waals surface area contributed by atoms with Crippen molar-refractivity contribution in [1.82, 2.24) is 19.8 Å². The lowest BCUT2D eigenvalue weighted by molar-refractivity contribution is -0.141. The SMILES string of the molecule is FC(F)(F)Cn1ccnc1CN1CCC2(CCNCC2)C1. The Balaban J connectivity index is 1.62. The van der Waals surface area contributed by atoms with Crippen molar-refractivity contribution in [3.63, 3.8) is 0 Å². The summed E-state index contributed by atoms with van der Waals surface area (Å²) in [6, 6.07) is 0. The van der Waals surface area contributed by atoms with Gasteiger partial charge in [-0.05, 0) is 44.3 Å². The van der Waals surface area contributed by atoms with E-state index in [1.54, 1.807) is 0 Å². The van der Waals surface area contributed by atoms with Gasteiger partial charge in [-0.3, -0.25) is 4.90 Å². The molecule has 0 saturated carbocycles. The molecule has 3 heterocycles. The van der Waals surface area contributed by atoms with Gasteiger partial charge in [-0.25, -0.2) is 4.98 Å². The van der Waals surface area contributed by atoms with E-state index in [2.05, 4.69) is 15.2 Å². The number of aromatic nitrogens is 2. The normalized spacial score (nSPS) is 23.0. The van der Waals surface area contributed by atoms with Crippen LogP contribution in [-0.2, 0) is 13.1 Å². The van der Waals surface area contributed by atoms with Gasteiger partial charge in [-0.15, -0.1) is 0 Å². The van der Waals surface area contributed by atoms with Gasteiger partial charge in [-0.2, -0.15) is 13.2 Å². The van der Waals surface area contributed by atoms with Gasteiger partial charge in [0.05, 0.1) is 6.54 Å². The number of hydrogen-bond acceptors (Lipinski definition) is 3. The summed E-state index contributed by atoms with van der Waals surface area (Å²) in [6.07, 6.45) is 2.16. The Bertz CT molecular complexity index is 477. The van der Waals surface area contributed by atoms with E-state index >= 15 is 0 Å². The number of rotatable bonds is 3. The first-order valence-corrected chi connectivity index (χ1v) is 7.46. The molecule has 0 unspecified atom stereocenters. The van der Waals surface area contributed by atoms with Crippen LogP contribution in [0.3, 0.4) is 0 Å².